The molecule has 0 aliphatic rings. The number of nitrogens with one attached hydrogen (secondary N) is 1. The van der Waals surface area contributed by atoms with Gasteiger partial charge in [-0.25, -0.2) is 14.1 Å². The van der Waals surface area contributed by atoms with Crippen LogP contribution in [0.25, 0.3) is 39.1 Å². The van der Waals surface area contributed by atoms with Gasteiger partial charge in [0.15, 0.2) is 5.65 Å². The van der Waals surface area contributed by atoms with Crippen molar-refractivity contribution in [3.05, 3.63) is 107 Å². The van der Waals surface area contributed by atoms with E-state index in [1.54, 1.807) is 12.1 Å². The first-order valence-electron chi connectivity index (χ1n) is 9.23. The summed E-state index contributed by atoms with van der Waals surface area (Å²) < 4.78 is 15.0. The van der Waals surface area contributed by atoms with Crippen molar-refractivity contribution in [2.24, 2.45) is 0 Å². The highest BCUT2D eigenvalue weighted by Gasteiger charge is 2.17. The Balaban J connectivity index is 1.83. The Kier molecular flexibility index (Phi) is 4.06. The van der Waals surface area contributed by atoms with Crippen molar-refractivity contribution in [2.75, 3.05) is 0 Å². The third-order valence-corrected chi connectivity index (χ3v) is 4.89. The number of nitrogens with zero attached hydrogens (tertiary/aromatic N) is 2. The second kappa shape index (κ2) is 6.87. The number of halogens is 1. The molecule has 3 aromatic carbocycles. The molecule has 0 saturated heterocycles. The second-order valence-electron chi connectivity index (χ2n) is 6.74. The first-order valence-corrected chi connectivity index (χ1v) is 9.23. The minimum absolute atomic E-state index is 0.197. The summed E-state index contributed by atoms with van der Waals surface area (Å²) in [7, 11) is 0. The van der Waals surface area contributed by atoms with E-state index in [2.05, 4.69) is 5.10 Å². The Morgan fingerprint density at radius 1 is 0.793 bits per heavy atom. The maximum atomic E-state index is 13.5. The van der Waals surface area contributed by atoms with E-state index in [9.17, 15) is 9.18 Å². The van der Waals surface area contributed by atoms with Crippen LogP contribution in [0.4, 0.5) is 4.39 Å². The van der Waals surface area contributed by atoms with Crippen LogP contribution in [0.1, 0.15) is 0 Å². The molecule has 0 amide bonds. The summed E-state index contributed by atoms with van der Waals surface area (Å²) in [4.78, 5) is 18.0. The molecule has 0 radical (unpaired) electrons. The predicted octanol–water partition coefficient (Wildman–Crippen LogP) is 5.19. The number of rotatable bonds is 3. The van der Waals surface area contributed by atoms with Crippen LogP contribution >= 0.6 is 0 Å². The number of hydrogen-bond donors (Lipinski definition) is 1. The molecule has 2 heterocycles. The quantitative estimate of drug-likeness (QED) is 0.468. The molecule has 0 bridgehead atoms. The molecule has 0 saturated carbocycles. The Morgan fingerprint density at radius 3 is 2.14 bits per heavy atom. The molecule has 0 aliphatic heterocycles. The van der Waals surface area contributed by atoms with Crippen LogP contribution in [-0.2, 0) is 0 Å². The maximum Gasteiger partial charge on any atom is 0.281 e. The van der Waals surface area contributed by atoms with E-state index in [0.717, 1.165) is 22.5 Å². The molecule has 5 aromatic rings. The number of fused-ring (bicyclic) bond motifs is 1. The van der Waals surface area contributed by atoms with Crippen LogP contribution < -0.4 is 5.56 Å². The predicted molar refractivity (Wildman–Crippen MR) is 113 cm³/mol. The van der Waals surface area contributed by atoms with Gasteiger partial charge in [-0.1, -0.05) is 60.7 Å². The van der Waals surface area contributed by atoms with Gasteiger partial charge in [0.2, 0.25) is 0 Å². The number of pyridine rings is 1. The first kappa shape index (κ1) is 17.1. The Labute approximate surface area is 165 Å². The zero-order valence-corrected chi connectivity index (χ0v) is 15.3. The van der Waals surface area contributed by atoms with Gasteiger partial charge in [0.1, 0.15) is 5.82 Å². The smallest absolute Gasteiger partial charge is 0.274 e. The Hall–Kier alpha value is -3.99. The topological polar surface area (TPSA) is 50.7 Å². The van der Waals surface area contributed by atoms with Gasteiger partial charge in [0.25, 0.3) is 5.56 Å². The lowest BCUT2D eigenvalue weighted by Gasteiger charge is -2.07. The number of aromatic amines is 1. The fraction of sp³-hybridized carbons (Fsp3) is 0. The van der Waals surface area contributed by atoms with Crippen LogP contribution in [0, 0.1) is 5.82 Å². The highest BCUT2D eigenvalue weighted by atomic mass is 19.1. The second-order valence-corrected chi connectivity index (χ2v) is 6.74. The molecule has 0 unspecified atom stereocenters. The summed E-state index contributed by atoms with van der Waals surface area (Å²) >= 11 is 0. The van der Waals surface area contributed by atoms with E-state index in [1.165, 1.54) is 16.8 Å². The summed E-state index contributed by atoms with van der Waals surface area (Å²) in [5.41, 5.74) is 4.15. The van der Waals surface area contributed by atoms with E-state index >= 15 is 0 Å². The molecular formula is C24H16FN3O. The van der Waals surface area contributed by atoms with Crippen LogP contribution in [-0.4, -0.2) is 14.8 Å². The minimum Gasteiger partial charge on any atom is -0.274 e. The largest absolute Gasteiger partial charge is 0.281 e. The summed E-state index contributed by atoms with van der Waals surface area (Å²) in [5.74, 6) is -0.321. The van der Waals surface area contributed by atoms with E-state index in [1.807, 2.05) is 66.7 Å². The van der Waals surface area contributed by atoms with Gasteiger partial charge in [0.05, 0.1) is 16.8 Å². The van der Waals surface area contributed by atoms with Crippen LogP contribution in [0.3, 0.4) is 0 Å². The molecule has 0 aliphatic carbocycles. The molecule has 0 fully saturated rings. The van der Waals surface area contributed by atoms with Gasteiger partial charge >= 0.3 is 0 Å². The SMILES string of the molecule is O=c1c2c(-c3ccc(F)cc3)cc(-c3ccccc3)nc2[nH]n1-c1ccccc1. The van der Waals surface area contributed by atoms with E-state index < -0.39 is 0 Å². The van der Waals surface area contributed by atoms with Gasteiger partial charge < -0.3 is 0 Å². The van der Waals surface area contributed by atoms with Crippen molar-refractivity contribution in [1.82, 2.24) is 14.8 Å². The van der Waals surface area contributed by atoms with Crippen molar-refractivity contribution in [2.45, 2.75) is 0 Å². The molecule has 29 heavy (non-hydrogen) atoms. The average molecular weight is 381 g/mol. The third kappa shape index (κ3) is 3.02. The zero-order chi connectivity index (χ0) is 19.8. The average Bonchev–Trinajstić information content (AvgIpc) is 3.11. The normalized spacial score (nSPS) is 11.1. The van der Waals surface area contributed by atoms with Crippen LogP contribution in [0.15, 0.2) is 95.8 Å². The lowest BCUT2D eigenvalue weighted by molar-refractivity contribution is 0.628. The summed E-state index contributed by atoms with van der Waals surface area (Å²) in [6, 6.07) is 27.1. The molecule has 140 valence electrons. The highest BCUT2D eigenvalue weighted by molar-refractivity contribution is 5.94. The monoisotopic (exact) mass is 381 g/mol. The van der Waals surface area contributed by atoms with E-state index in [4.69, 9.17) is 4.98 Å². The molecule has 5 heteroatoms. The fourth-order valence-corrected chi connectivity index (χ4v) is 3.48. The standard InChI is InChI=1S/C24H16FN3O/c25-18-13-11-16(12-14-18)20-15-21(17-7-3-1-4-8-17)26-23-22(20)24(29)28(27-23)19-9-5-2-6-10-19/h1-15H,(H,26,27). The Morgan fingerprint density at radius 2 is 1.45 bits per heavy atom. The van der Waals surface area contributed by atoms with Crippen molar-refractivity contribution in [1.29, 1.82) is 0 Å². The fourth-order valence-electron chi connectivity index (χ4n) is 3.48. The molecule has 4 nitrogen and oxygen atoms in total. The van der Waals surface area contributed by atoms with Gasteiger partial charge in [-0.3, -0.25) is 9.89 Å². The highest BCUT2D eigenvalue weighted by Crippen LogP contribution is 2.30. The molecule has 0 spiro atoms. The maximum absolute atomic E-state index is 13.5. The van der Waals surface area contributed by atoms with Gasteiger partial charge in [-0.2, -0.15) is 0 Å². The van der Waals surface area contributed by atoms with Crippen molar-refractivity contribution in [3.8, 4) is 28.1 Å². The van der Waals surface area contributed by atoms with Gasteiger partial charge in [0, 0.05) is 11.1 Å². The summed E-state index contributed by atoms with van der Waals surface area (Å²) in [6.45, 7) is 0. The minimum atomic E-state index is -0.321. The van der Waals surface area contributed by atoms with E-state index in [0.29, 0.717) is 16.6 Å². The molecule has 2 aromatic heterocycles. The lowest BCUT2D eigenvalue weighted by Crippen LogP contribution is -2.14. The zero-order valence-electron chi connectivity index (χ0n) is 15.3. The third-order valence-electron chi connectivity index (χ3n) is 4.89. The van der Waals surface area contributed by atoms with E-state index in [-0.39, 0.29) is 11.4 Å². The molecule has 0 atom stereocenters. The lowest BCUT2D eigenvalue weighted by atomic mass is 10.0. The summed E-state index contributed by atoms with van der Waals surface area (Å²) in [6.07, 6.45) is 0. The summed E-state index contributed by atoms with van der Waals surface area (Å²) in [5, 5.41) is 3.60. The Bertz CT molecular complexity index is 1350. The number of hydrogen-bond acceptors (Lipinski definition) is 2. The number of aromatic nitrogens is 3. The molecular weight excluding hydrogens is 365 g/mol. The number of para-hydroxylation sites is 1. The molecule has 1 N–H and O–H groups in total. The number of H-pyrrole nitrogens is 1. The van der Waals surface area contributed by atoms with Crippen molar-refractivity contribution < 1.29 is 4.39 Å². The first-order chi connectivity index (χ1) is 14.2. The van der Waals surface area contributed by atoms with Crippen molar-refractivity contribution in [3.63, 3.8) is 0 Å². The van der Waals surface area contributed by atoms with Crippen LogP contribution in [0.5, 0.6) is 0 Å². The van der Waals surface area contributed by atoms with Crippen LogP contribution in [0.2, 0.25) is 0 Å². The van der Waals surface area contributed by atoms with Crippen molar-refractivity contribution >= 4 is 11.0 Å². The number of benzene rings is 3. The van der Waals surface area contributed by atoms with Gasteiger partial charge in [-0.05, 0) is 35.9 Å². The molecule has 5 rings (SSSR count). The van der Waals surface area contributed by atoms with Gasteiger partial charge in [-0.15, -0.1) is 0 Å².